The third-order valence-corrected chi connectivity index (χ3v) is 5.70. The topological polar surface area (TPSA) is 43.3 Å². The summed E-state index contributed by atoms with van der Waals surface area (Å²) in [4.78, 5) is 11.4. The Balaban J connectivity index is 1.47. The fraction of sp³-hybridized carbons (Fsp3) is 0.682. The molecule has 2 fully saturated rings. The lowest BCUT2D eigenvalue weighted by molar-refractivity contribution is -0.137. The minimum Gasteiger partial charge on any atom is -0.379 e. The molecule has 0 spiro atoms. The average Bonchev–Trinajstić information content (AvgIpc) is 2.78. The smallest absolute Gasteiger partial charge is 0.379 e. The Labute approximate surface area is 183 Å². The quantitative estimate of drug-likeness (QED) is 0.401. The van der Waals surface area contributed by atoms with Crippen LogP contribution in [0, 0.1) is 0 Å². The van der Waals surface area contributed by atoms with Crippen LogP contribution in [0.3, 0.4) is 0 Å². The number of hydrogen-bond donors (Lipinski definition) is 1. The molecule has 0 bridgehead atoms. The molecule has 174 valence electrons. The van der Waals surface area contributed by atoms with E-state index in [1.807, 2.05) is 11.8 Å². The third-order valence-electron chi connectivity index (χ3n) is 5.70. The monoisotopic (exact) mass is 441 g/mol. The van der Waals surface area contributed by atoms with E-state index >= 15 is 0 Å². The van der Waals surface area contributed by atoms with E-state index in [-0.39, 0.29) is 0 Å². The van der Waals surface area contributed by atoms with Gasteiger partial charge in [0, 0.05) is 58.0 Å². The summed E-state index contributed by atoms with van der Waals surface area (Å²) in [5.41, 5.74) is 0.0268. The second kappa shape index (κ2) is 11.6. The molecule has 6 nitrogen and oxygen atoms in total. The lowest BCUT2D eigenvalue weighted by Crippen LogP contribution is -2.52. The van der Waals surface area contributed by atoms with Gasteiger partial charge in [0.05, 0.1) is 18.8 Å². The van der Waals surface area contributed by atoms with E-state index < -0.39 is 11.7 Å². The minimum absolute atomic E-state index is 0.598. The fourth-order valence-corrected chi connectivity index (χ4v) is 3.94. The first kappa shape index (κ1) is 23.7. The number of ether oxygens (including phenoxy) is 1. The molecule has 3 rings (SSSR count). The van der Waals surface area contributed by atoms with Gasteiger partial charge in [-0.05, 0) is 44.5 Å². The van der Waals surface area contributed by atoms with Crippen LogP contribution in [0.25, 0.3) is 0 Å². The summed E-state index contributed by atoms with van der Waals surface area (Å²) in [6, 6.07) is 5.59. The number of unbranched alkanes of at least 4 members (excludes halogenated alkanes) is 1. The van der Waals surface area contributed by atoms with Crippen molar-refractivity contribution in [2.24, 2.45) is 4.99 Å². The molecule has 0 amide bonds. The predicted octanol–water partition coefficient (Wildman–Crippen LogP) is 2.91. The Kier molecular flexibility index (Phi) is 8.83. The molecule has 0 aliphatic carbocycles. The maximum atomic E-state index is 13.0. The number of anilines is 1. The number of benzene rings is 1. The van der Waals surface area contributed by atoms with Gasteiger partial charge in [0.1, 0.15) is 0 Å². The number of alkyl halides is 3. The van der Waals surface area contributed by atoms with Gasteiger partial charge < -0.3 is 19.9 Å². The molecule has 0 radical (unpaired) electrons. The predicted molar refractivity (Wildman–Crippen MR) is 118 cm³/mol. The first-order valence-corrected chi connectivity index (χ1v) is 11.2. The Hall–Kier alpha value is -2.00. The van der Waals surface area contributed by atoms with Gasteiger partial charge in [-0.25, -0.2) is 0 Å². The molecule has 2 aliphatic rings. The van der Waals surface area contributed by atoms with Crippen LogP contribution >= 0.6 is 0 Å². The molecule has 1 aromatic carbocycles. The first-order valence-electron chi connectivity index (χ1n) is 11.2. The van der Waals surface area contributed by atoms with E-state index in [0.717, 1.165) is 83.9 Å². The van der Waals surface area contributed by atoms with Crippen molar-refractivity contribution < 1.29 is 17.9 Å². The maximum absolute atomic E-state index is 13.0. The largest absolute Gasteiger partial charge is 0.416 e. The number of aliphatic imine (C=N–C) groups is 1. The molecule has 1 N–H and O–H groups in total. The lowest BCUT2D eigenvalue weighted by atomic mass is 10.1. The van der Waals surface area contributed by atoms with Crippen LogP contribution in [0.4, 0.5) is 18.9 Å². The second-order valence-corrected chi connectivity index (χ2v) is 7.92. The maximum Gasteiger partial charge on any atom is 0.416 e. The van der Waals surface area contributed by atoms with Crippen molar-refractivity contribution in [3.05, 3.63) is 29.8 Å². The number of guanidine groups is 1. The molecule has 2 saturated heterocycles. The van der Waals surface area contributed by atoms with E-state index in [0.29, 0.717) is 18.8 Å². The van der Waals surface area contributed by atoms with E-state index in [9.17, 15) is 13.2 Å². The molecule has 31 heavy (non-hydrogen) atoms. The van der Waals surface area contributed by atoms with E-state index in [2.05, 4.69) is 15.1 Å². The van der Waals surface area contributed by atoms with Crippen LogP contribution in [0.1, 0.15) is 25.3 Å². The summed E-state index contributed by atoms with van der Waals surface area (Å²) in [5.74, 6) is 0.901. The number of hydrogen-bond acceptors (Lipinski definition) is 4. The number of nitrogens with one attached hydrogen (secondary N) is 1. The van der Waals surface area contributed by atoms with Crippen molar-refractivity contribution in [1.82, 2.24) is 15.1 Å². The van der Waals surface area contributed by atoms with Gasteiger partial charge >= 0.3 is 6.18 Å². The molecule has 0 unspecified atom stereocenters. The summed E-state index contributed by atoms with van der Waals surface area (Å²) in [6.45, 7) is 11.2. The molecule has 2 heterocycles. The van der Waals surface area contributed by atoms with Gasteiger partial charge in [-0.15, -0.1) is 0 Å². The highest BCUT2D eigenvalue weighted by Crippen LogP contribution is 2.31. The van der Waals surface area contributed by atoms with Crippen LogP contribution in [-0.2, 0) is 10.9 Å². The van der Waals surface area contributed by atoms with Crippen LogP contribution < -0.4 is 10.2 Å². The molecule has 0 atom stereocenters. The zero-order valence-corrected chi connectivity index (χ0v) is 18.3. The number of nitrogens with zero attached hydrogens (tertiary/aromatic N) is 4. The zero-order chi connectivity index (χ0) is 22.1. The Morgan fingerprint density at radius 3 is 2.48 bits per heavy atom. The highest BCUT2D eigenvalue weighted by atomic mass is 19.4. The van der Waals surface area contributed by atoms with Crippen molar-refractivity contribution in [3.63, 3.8) is 0 Å². The van der Waals surface area contributed by atoms with Crippen molar-refractivity contribution in [3.8, 4) is 0 Å². The standard InChI is InChI=1S/C22H34F3N5O/c1-2-26-21(27-8-3-4-9-28-14-16-31-17-15-28)30-12-10-29(11-13-30)20-7-5-6-19(18-20)22(23,24)25/h5-7,18H,2-4,8-17H2,1H3,(H,26,27). The number of piperazine rings is 1. The fourth-order valence-electron chi connectivity index (χ4n) is 3.94. The molecule has 0 aromatic heterocycles. The lowest BCUT2D eigenvalue weighted by Gasteiger charge is -2.38. The molecular formula is C22H34F3N5O. The van der Waals surface area contributed by atoms with Gasteiger partial charge in [0.25, 0.3) is 0 Å². The first-order chi connectivity index (χ1) is 15.0. The summed E-state index contributed by atoms with van der Waals surface area (Å²) >= 11 is 0. The Morgan fingerprint density at radius 1 is 1.06 bits per heavy atom. The van der Waals surface area contributed by atoms with Gasteiger partial charge in [0.2, 0.25) is 0 Å². The molecule has 9 heteroatoms. The van der Waals surface area contributed by atoms with E-state index in [1.165, 1.54) is 12.1 Å². The summed E-state index contributed by atoms with van der Waals surface area (Å²) in [6.07, 6.45) is -2.16. The normalized spacial score (nSPS) is 19.0. The third kappa shape index (κ3) is 7.28. The van der Waals surface area contributed by atoms with Gasteiger partial charge in [-0.2, -0.15) is 13.2 Å². The van der Waals surface area contributed by atoms with Crippen molar-refractivity contribution in [2.45, 2.75) is 25.9 Å². The molecule has 1 aromatic rings. The van der Waals surface area contributed by atoms with Gasteiger partial charge in [-0.1, -0.05) is 6.07 Å². The zero-order valence-electron chi connectivity index (χ0n) is 18.3. The number of morpholine rings is 1. The van der Waals surface area contributed by atoms with E-state index in [1.54, 1.807) is 6.07 Å². The van der Waals surface area contributed by atoms with Crippen molar-refractivity contribution in [1.29, 1.82) is 0 Å². The average molecular weight is 442 g/mol. The van der Waals surface area contributed by atoms with E-state index in [4.69, 9.17) is 9.73 Å². The van der Waals surface area contributed by atoms with Gasteiger partial charge in [0.15, 0.2) is 5.96 Å². The van der Waals surface area contributed by atoms with Crippen LogP contribution in [0.5, 0.6) is 0 Å². The highest BCUT2D eigenvalue weighted by molar-refractivity contribution is 5.80. The van der Waals surface area contributed by atoms with Crippen LogP contribution in [-0.4, -0.2) is 87.9 Å². The van der Waals surface area contributed by atoms with Gasteiger partial charge in [-0.3, -0.25) is 9.89 Å². The highest BCUT2D eigenvalue weighted by Gasteiger charge is 2.31. The van der Waals surface area contributed by atoms with Crippen LogP contribution in [0.15, 0.2) is 29.3 Å². The molecule has 2 aliphatic heterocycles. The molecular weight excluding hydrogens is 407 g/mol. The summed E-state index contributed by atoms with van der Waals surface area (Å²) < 4.78 is 44.4. The minimum atomic E-state index is -4.31. The summed E-state index contributed by atoms with van der Waals surface area (Å²) in [7, 11) is 0. The number of rotatable bonds is 7. The van der Waals surface area contributed by atoms with Crippen molar-refractivity contribution in [2.75, 3.05) is 77.0 Å². The Morgan fingerprint density at radius 2 is 1.81 bits per heavy atom. The summed E-state index contributed by atoms with van der Waals surface area (Å²) in [5, 5.41) is 3.36. The number of halogens is 3. The second-order valence-electron chi connectivity index (χ2n) is 7.92. The molecule has 0 saturated carbocycles. The Bertz CT molecular complexity index is 699. The SMILES string of the molecule is CCNC(=NCCCCN1CCOCC1)N1CCN(c2cccc(C(F)(F)F)c2)CC1. The van der Waals surface area contributed by atoms with Crippen molar-refractivity contribution >= 4 is 11.6 Å². The van der Waals surface area contributed by atoms with Crippen LogP contribution in [0.2, 0.25) is 0 Å².